The summed E-state index contributed by atoms with van der Waals surface area (Å²) in [6.45, 7) is 0.714. The average Bonchev–Trinajstić information content (AvgIpc) is 2.04. The summed E-state index contributed by atoms with van der Waals surface area (Å²) < 4.78 is 5.45. The summed E-state index contributed by atoms with van der Waals surface area (Å²) in [6, 6.07) is 5.97. The number of nitrogens with two attached hydrogens (primary N) is 1. The van der Waals surface area contributed by atoms with Gasteiger partial charge in [0.1, 0.15) is 5.75 Å². The first-order chi connectivity index (χ1) is 5.77. The van der Waals surface area contributed by atoms with E-state index >= 15 is 0 Å². The van der Waals surface area contributed by atoms with Crippen LogP contribution in [0.15, 0.2) is 23.1 Å². The van der Waals surface area contributed by atoms with Crippen molar-refractivity contribution in [3.05, 3.63) is 23.8 Å². The van der Waals surface area contributed by atoms with Gasteiger partial charge in [-0.05, 0) is 12.1 Å². The van der Waals surface area contributed by atoms with Crippen molar-refractivity contribution in [2.75, 3.05) is 6.61 Å². The summed E-state index contributed by atoms with van der Waals surface area (Å²) in [5.74, 6) is 0.890. The Morgan fingerprint density at radius 3 is 3.17 bits per heavy atom. The maximum Gasteiger partial charge on any atom is 0.125 e. The van der Waals surface area contributed by atoms with Crippen molar-refractivity contribution in [1.29, 1.82) is 0 Å². The lowest BCUT2D eigenvalue weighted by Gasteiger charge is -2.22. The van der Waals surface area contributed by atoms with E-state index in [2.05, 4.69) is 12.6 Å². The molecule has 1 heterocycles. The summed E-state index contributed by atoms with van der Waals surface area (Å²) in [7, 11) is 0. The highest BCUT2D eigenvalue weighted by atomic mass is 32.1. The van der Waals surface area contributed by atoms with E-state index in [-0.39, 0.29) is 6.04 Å². The van der Waals surface area contributed by atoms with Gasteiger partial charge < -0.3 is 10.5 Å². The summed E-state index contributed by atoms with van der Waals surface area (Å²) in [5.41, 5.74) is 6.99. The number of ether oxygens (including phenoxy) is 1. The molecule has 64 valence electrons. The third-order valence-electron chi connectivity index (χ3n) is 2.08. The molecule has 2 N–H and O–H groups in total. The third kappa shape index (κ3) is 1.30. The Balaban J connectivity index is 2.46. The fraction of sp³-hybridized carbons (Fsp3) is 0.333. The molecule has 0 saturated carbocycles. The van der Waals surface area contributed by atoms with Crippen molar-refractivity contribution >= 4 is 12.6 Å². The fourth-order valence-electron chi connectivity index (χ4n) is 1.41. The molecule has 0 spiro atoms. The van der Waals surface area contributed by atoms with E-state index in [0.717, 1.165) is 22.6 Å². The van der Waals surface area contributed by atoms with Crippen LogP contribution in [0.3, 0.4) is 0 Å². The monoisotopic (exact) mass is 181 g/mol. The van der Waals surface area contributed by atoms with E-state index in [0.29, 0.717) is 6.61 Å². The molecule has 1 unspecified atom stereocenters. The molecule has 0 aromatic heterocycles. The summed E-state index contributed by atoms with van der Waals surface area (Å²) in [5, 5.41) is 0. The molecule has 1 aromatic rings. The highest BCUT2D eigenvalue weighted by molar-refractivity contribution is 7.80. The molecular formula is C9H11NOS. The van der Waals surface area contributed by atoms with Crippen LogP contribution in [0.5, 0.6) is 5.75 Å². The molecule has 1 aliphatic rings. The number of hydrogen-bond donors (Lipinski definition) is 2. The number of rotatable bonds is 0. The lowest BCUT2D eigenvalue weighted by molar-refractivity contribution is 0.268. The molecule has 3 heteroatoms. The molecule has 0 amide bonds. The first-order valence-corrected chi connectivity index (χ1v) is 4.43. The van der Waals surface area contributed by atoms with Crippen LogP contribution < -0.4 is 10.5 Å². The Labute approximate surface area is 77.1 Å². The molecule has 12 heavy (non-hydrogen) atoms. The predicted molar refractivity (Wildman–Crippen MR) is 50.7 cm³/mol. The van der Waals surface area contributed by atoms with Gasteiger partial charge in [0.25, 0.3) is 0 Å². The van der Waals surface area contributed by atoms with Gasteiger partial charge in [0, 0.05) is 22.9 Å². The van der Waals surface area contributed by atoms with Gasteiger partial charge in [0.15, 0.2) is 0 Å². The largest absolute Gasteiger partial charge is 0.493 e. The van der Waals surface area contributed by atoms with Gasteiger partial charge in [-0.3, -0.25) is 0 Å². The maximum atomic E-state index is 5.89. The standard InChI is InChI=1S/C9H11NOS/c10-8-3-4-11-9-5-6(12)1-2-7(8)9/h1-2,5,8,12H,3-4,10H2. The van der Waals surface area contributed by atoms with Crippen molar-refractivity contribution < 1.29 is 4.74 Å². The summed E-state index contributed by atoms with van der Waals surface area (Å²) in [6.07, 6.45) is 0.902. The topological polar surface area (TPSA) is 35.2 Å². The zero-order valence-electron chi connectivity index (χ0n) is 6.66. The van der Waals surface area contributed by atoms with Gasteiger partial charge in [-0.15, -0.1) is 12.6 Å². The zero-order chi connectivity index (χ0) is 8.55. The highest BCUT2D eigenvalue weighted by Crippen LogP contribution is 2.31. The summed E-state index contributed by atoms with van der Waals surface area (Å²) in [4.78, 5) is 0.919. The van der Waals surface area contributed by atoms with Crippen LogP contribution >= 0.6 is 12.6 Å². The minimum absolute atomic E-state index is 0.127. The van der Waals surface area contributed by atoms with Gasteiger partial charge in [-0.1, -0.05) is 6.07 Å². The van der Waals surface area contributed by atoms with Gasteiger partial charge in [0.2, 0.25) is 0 Å². The van der Waals surface area contributed by atoms with Crippen LogP contribution in [0.4, 0.5) is 0 Å². The van der Waals surface area contributed by atoms with Crippen LogP contribution in [0.25, 0.3) is 0 Å². The quantitative estimate of drug-likeness (QED) is 0.598. The highest BCUT2D eigenvalue weighted by Gasteiger charge is 2.17. The Bertz CT molecular complexity index is 301. The Morgan fingerprint density at radius 2 is 2.33 bits per heavy atom. The molecule has 1 aliphatic heterocycles. The van der Waals surface area contributed by atoms with Crippen LogP contribution in [0.1, 0.15) is 18.0 Å². The first-order valence-electron chi connectivity index (χ1n) is 3.98. The fourth-order valence-corrected chi connectivity index (χ4v) is 1.60. The molecule has 1 aromatic carbocycles. The van der Waals surface area contributed by atoms with Gasteiger partial charge in [-0.2, -0.15) is 0 Å². The second kappa shape index (κ2) is 2.99. The third-order valence-corrected chi connectivity index (χ3v) is 2.36. The first kappa shape index (κ1) is 7.95. The van der Waals surface area contributed by atoms with Crippen LogP contribution in [-0.2, 0) is 0 Å². The molecule has 0 saturated heterocycles. The van der Waals surface area contributed by atoms with Crippen molar-refractivity contribution in [3.63, 3.8) is 0 Å². The second-order valence-corrected chi connectivity index (χ2v) is 3.48. The van der Waals surface area contributed by atoms with Gasteiger partial charge in [0.05, 0.1) is 6.61 Å². The Morgan fingerprint density at radius 1 is 1.50 bits per heavy atom. The van der Waals surface area contributed by atoms with E-state index in [9.17, 15) is 0 Å². The SMILES string of the molecule is NC1CCOc2cc(S)ccc21. The van der Waals surface area contributed by atoms with Crippen LogP contribution in [0.2, 0.25) is 0 Å². The van der Waals surface area contributed by atoms with Crippen LogP contribution in [-0.4, -0.2) is 6.61 Å². The van der Waals surface area contributed by atoms with E-state index < -0.39 is 0 Å². The van der Waals surface area contributed by atoms with E-state index in [1.807, 2.05) is 18.2 Å². The van der Waals surface area contributed by atoms with E-state index in [1.54, 1.807) is 0 Å². The molecular weight excluding hydrogens is 170 g/mol. The van der Waals surface area contributed by atoms with Gasteiger partial charge in [-0.25, -0.2) is 0 Å². The number of benzene rings is 1. The average molecular weight is 181 g/mol. The number of thiol groups is 1. The molecule has 1 atom stereocenters. The molecule has 0 aliphatic carbocycles. The Kier molecular flexibility index (Phi) is 1.98. The lowest BCUT2D eigenvalue weighted by Crippen LogP contribution is -2.20. The molecule has 0 fully saturated rings. The summed E-state index contributed by atoms with van der Waals surface area (Å²) >= 11 is 4.23. The predicted octanol–water partition coefficient (Wildman–Crippen LogP) is 1.76. The van der Waals surface area contributed by atoms with E-state index in [1.165, 1.54) is 0 Å². The molecule has 2 rings (SSSR count). The lowest BCUT2D eigenvalue weighted by atomic mass is 10.0. The minimum atomic E-state index is 0.127. The van der Waals surface area contributed by atoms with Crippen molar-refractivity contribution in [2.45, 2.75) is 17.4 Å². The smallest absolute Gasteiger partial charge is 0.125 e. The minimum Gasteiger partial charge on any atom is -0.493 e. The Hall–Kier alpha value is -0.670. The van der Waals surface area contributed by atoms with Crippen molar-refractivity contribution in [2.24, 2.45) is 5.73 Å². The molecule has 2 nitrogen and oxygen atoms in total. The van der Waals surface area contributed by atoms with Crippen molar-refractivity contribution in [1.82, 2.24) is 0 Å². The van der Waals surface area contributed by atoms with Crippen LogP contribution in [0, 0.1) is 0 Å². The number of hydrogen-bond acceptors (Lipinski definition) is 3. The van der Waals surface area contributed by atoms with Crippen molar-refractivity contribution in [3.8, 4) is 5.75 Å². The van der Waals surface area contributed by atoms with Gasteiger partial charge >= 0.3 is 0 Å². The zero-order valence-corrected chi connectivity index (χ0v) is 7.55. The number of fused-ring (bicyclic) bond motifs is 1. The maximum absolute atomic E-state index is 5.89. The molecule has 0 bridgehead atoms. The van der Waals surface area contributed by atoms with E-state index in [4.69, 9.17) is 10.5 Å². The normalized spacial score (nSPS) is 21.3. The second-order valence-electron chi connectivity index (χ2n) is 2.97. The molecule has 0 radical (unpaired) electrons.